The minimum absolute atomic E-state index is 0. The molecule has 4 heteroatoms. The fraction of sp³-hybridized carbons (Fsp3) is 0. The Morgan fingerprint density at radius 3 is 1.33 bits per heavy atom. The number of phenols is 2. The molecule has 0 bridgehead atoms. The molecule has 0 unspecified atom stereocenters. The van der Waals surface area contributed by atoms with E-state index in [4.69, 9.17) is 0 Å². The number of hydrogen-bond donors (Lipinski definition) is 2. The third-order valence-electron chi connectivity index (χ3n) is 4.06. The molecule has 2 N–H and O–H groups in total. The van der Waals surface area contributed by atoms with Crippen molar-refractivity contribution >= 4 is 57.8 Å². The van der Waals surface area contributed by atoms with Gasteiger partial charge in [-0.05, 0) is 33.7 Å². The van der Waals surface area contributed by atoms with E-state index >= 15 is 0 Å². The summed E-state index contributed by atoms with van der Waals surface area (Å²) in [5.74, 6) is 0.343. The van der Waals surface area contributed by atoms with E-state index in [2.05, 4.69) is 0 Å². The van der Waals surface area contributed by atoms with Crippen LogP contribution in [-0.2, 0) is 0 Å². The average molecular weight is 324 g/mol. The van der Waals surface area contributed by atoms with Crippen molar-refractivity contribution in [2.75, 3.05) is 0 Å². The summed E-state index contributed by atoms with van der Waals surface area (Å²) in [6.07, 6.45) is 0. The van der Waals surface area contributed by atoms with Gasteiger partial charge in [-0.15, -0.1) is 0 Å². The topological polar surface area (TPSA) is 40.5 Å². The second-order valence-corrected chi connectivity index (χ2v) is 5.36. The van der Waals surface area contributed by atoms with Gasteiger partial charge in [0, 0.05) is 11.1 Å². The predicted molar refractivity (Wildman–Crippen MR) is 106 cm³/mol. The van der Waals surface area contributed by atoms with Crippen LogP contribution in [0.3, 0.4) is 0 Å². The quantitative estimate of drug-likeness (QED) is 0.510. The van der Waals surface area contributed by atoms with Gasteiger partial charge < -0.3 is 14.5 Å². The van der Waals surface area contributed by atoms with Gasteiger partial charge in [0.05, 0.1) is 0 Å². The Morgan fingerprint density at radius 1 is 0.542 bits per heavy atom. The van der Waals surface area contributed by atoms with Gasteiger partial charge in [0.2, 0.25) is 0 Å². The molecule has 4 aromatic carbocycles. The van der Waals surface area contributed by atoms with E-state index in [1.54, 1.807) is 12.1 Å². The molecule has 0 atom stereocenters. The summed E-state index contributed by atoms with van der Waals surface area (Å²) >= 11 is 0. The molecule has 0 aliphatic carbocycles. The molecule has 0 radical (unpaired) electrons. The van der Waals surface area contributed by atoms with Crippen molar-refractivity contribution in [2.45, 2.75) is 0 Å². The van der Waals surface area contributed by atoms with Crippen LogP contribution in [0.25, 0.3) is 32.7 Å². The minimum atomic E-state index is 0. The summed E-state index contributed by atoms with van der Waals surface area (Å²) in [5.41, 5.74) is 1.35. The van der Waals surface area contributed by atoms with Crippen molar-refractivity contribution in [3.8, 4) is 22.6 Å². The van der Waals surface area contributed by atoms with Crippen molar-refractivity contribution in [1.82, 2.24) is 0 Å². The Bertz CT molecular complexity index is 945. The first-order chi connectivity index (χ1) is 10.8. The number of hydrogen-bond acceptors (Lipinski definition) is 2. The molecule has 0 aliphatic heterocycles. The summed E-state index contributed by atoms with van der Waals surface area (Å²) in [7, 11) is 0. The molecule has 4 aromatic rings. The maximum atomic E-state index is 10.4. The zero-order chi connectivity index (χ0) is 15.1. The van der Waals surface area contributed by atoms with Crippen LogP contribution in [-0.4, -0.2) is 46.4 Å². The predicted octanol–water partition coefficient (Wildman–Crippen LogP) is 4.38. The van der Waals surface area contributed by atoms with Crippen molar-refractivity contribution in [3.63, 3.8) is 0 Å². The average Bonchev–Trinajstić information content (AvgIpc) is 2.56. The van der Waals surface area contributed by atoms with Gasteiger partial charge in [-0.25, -0.2) is 0 Å². The Labute approximate surface area is 167 Å². The normalized spacial score (nSPS) is 10.2. The number of aromatic hydroxyl groups is 2. The SMILES string of the molecule is Oc1ccc2ccccc2c1-c1c(O)ccc2ccccc12.[Al+3].[H-].[H-].[H-].[LiH]. The fourth-order valence-electron chi connectivity index (χ4n) is 3.05. The van der Waals surface area contributed by atoms with Crippen LogP contribution in [0, 0.1) is 0 Å². The van der Waals surface area contributed by atoms with Crippen LogP contribution in [0.2, 0.25) is 0 Å². The van der Waals surface area contributed by atoms with E-state index in [0.717, 1.165) is 21.5 Å². The van der Waals surface area contributed by atoms with Gasteiger partial charge in [0.25, 0.3) is 0 Å². The number of phenolic OH excluding ortho intramolecular Hbond substituents is 2. The monoisotopic (exact) mass is 324 g/mol. The van der Waals surface area contributed by atoms with E-state index in [0.29, 0.717) is 11.1 Å². The summed E-state index contributed by atoms with van der Waals surface area (Å²) in [4.78, 5) is 0. The molecule has 0 saturated heterocycles. The van der Waals surface area contributed by atoms with Crippen molar-refractivity contribution in [3.05, 3.63) is 72.8 Å². The maximum absolute atomic E-state index is 10.4. The third kappa shape index (κ3) is 2.93. The number of fused-ring (bicyclic) bond motifs is 2. The van der Waals surface area contributed by atoms with Crippen LogP contribution < -0.4 is 0 Å². The molecule has 0 heterocycles. The Hall–Kier alpha value is -1.87. The second kappa shape index (κ2) is 7.35. The third-order valence-corrected chi connectivity index (χ3v) is 4.06. The van der Waals surface area contributed by atoms with Gasteiger partial charge in [0.1, 0.15) is 11.5 Å². The molecule has 0 amide bonds. The van der Waals surface area contributed by atoms with Crippen molar-refractivity contribution < 1.29 is 14.5 Å². The van der Waals surface area contributed by atoms with Crippen LogP contribution in [0.1, 0.15) is 4.28 Å². The van der Waals surface area contributed by atoms with Gasteiger partial charge >= 0.3 is 36.2 Å². The molecule has 0 aromatic heterocycles. The summed E-state index contributed by atoms with van der Waals surface area (Å²) in [5, 5.41) is 24.8. The molecule has 0 spiro atoms. The molecule has 24 heavy (non-hydrogen) atoms. The zero-order valence-electron chi connectivity index (χ0n) is 15.4. The number of benzene rings is 4. The molecular weight excluding hydrogens is 306 g/mol. The van der Waals surface area contributed by atoms with Crippen LogP contribution in [0.5, 0.6) is 11.5 Å². The summed E-state index contributed by atoms with van der Waals surface area (Å²) in [6, 6.07) is 22.9. The van der Waals surface area contributed by atoms with E-state index in [-0.39, 0.29) is 52.0 Å². The molecular formula is C20H18AlLiO2. The van der Waals surface area contributed by atoms with Crippen LogP contribution in [0.15, 0.2) is 72.8 Å². The van der Waals surface area contributed by atoms with E-state index in [1.165, 1.54) is 0 Å². The van der Waals surface area contributed by atoms with E-state index < -0.39 is 0 Å². The van der Waals surface area contributed by atoms with Crippen LogP contribution >= 0.6 is 0 Å². The van der Waals surface area contributed by atoms with Crippen LogP contribution in [0.4, 0.5) is 0 Å². The molecule has 2 nitrogen and oxygen atoms in total. The van der Waals surface area contributed by atoms with Crippen molar-refractivity contribution in [1.29, 1.82) is 0 Å². The Balaban J connectivity index is 0. The standard InChI is InChI=1S/C20H14O2.Al.Li.4H/c21-17-11-9-13-5-1-3-7-15(13)19(17)20-16-8-4-2-6-14(16)10-12-18(20)22;;;;;;/h1-12,21-22H;;;;;;/q;+3;;;3*-1. The van der Waals surface area contributed by atoms with Gasteiger partial charge in [-0.1, -0.05) is 60.7 Å². The van der Waals surface area contributed by atoms with E-state index in [1.807, 2.05) is 60.7 Å². The van der Waals surface area contributed by atoms with Crippen molar-refractivity contribution in [2.24, 2.45) is 0 Å². The van der Waals surface area contributed by atoms with Gasteiger partial charge in [0.15, 0.2) is 0 Å². The second-order valence-electron chi connectivity index (χ2n) is 5.36. The molecule has 0 aliphatic rings. The summed E-state index contributed by atoms with van der Waals surface area (Å²) < 4.78 is 0. The van der Waals surface area contributed by atoms with E-state index in [9.17, 15) is 10.2 Å². The fourth-order valence-corrected chi connectivity index (χ4v) is 3.05. The zero-order valence-corrected chi connectivity index (χ0v) is 13.6. The Kier molecular flexibility index (Phi) is 5.66. The first-order valence-electron chi connectivity index (χ1n) is 7.17. The molecule has 0 fully saturated rings. The molecule has 0 saturated carbocycles. The Morgan fingerprint density at radius 2 is 0.917 bits per heavy atom. The molecule has 4 rings (SSSR count). The van der Waals surface area contributed by atoms with Gasteiger partial charge in [-0.3, -0.25) is 0 Å². The first-order valence-corrected chi connectivity index (χ1v) is 7.17. The number of rotatable bonds is 1. The first kappa shape index (κ1) is 18.5. The summed E-state index contributed by atoms with van der Waals surface area (Å²) in [6.45, 7) is 0. The molecule has 114 valence electrons. The van der Waals surface area contributed by atoms with Gasteiger partial charge in [-0.2, -0.15) is 0 Å².